The van der Waals surface area contributed by atoms with Gasteiger partial charge in [-0.25, -0.2) is 4.79 Å². The Hall–Kier alpha value is -3.62. The van der Waals surface area contributed by atoms with Crippen molar-refractivity contribution in [1.29, 1.82) is 0 Å². The van der Waals surface area contributed by atoms with Crippen molar-refractivity contribution in [3.05, 3.63) is 57.6 Å². The van der Waals surface area contributed by atoms with Crippen molar-refractivity contribution >= 4 is 23.6 Å². The normalized spacial score (nSPS) is 10.5. The van der Waals surface area contributed by atoms with E-state index in [2.05, 4.69) is 10.5 Å². The van der Waals surface area contributed by atoms with E-state index in [0.717, 1.165) is 6.07 Å². The molecule has 9 heteroatoms. The number of aromatic carboxylic acids is 1. The van der Waals surface area contributed by atoms with Crippen LogP contribution in [0.25, 0.3) is 0 Å². The highest BCUT2D eigenvalue weighted by Gasteiger charge is 2.19. The van der Waals surface area contributed by atoms with Crippen LogP contribution in [-0.4, -0.2) is 34.4 Å². The SMILES string of the molecule is COc1cc(C=NNc2ccc(C(=O)O)cc2)cc([N+](=O)[O-])c1O. The number of phenolic OH excluding ortho intramolecular Hbond substituents is 1. The average molecular weight is 331 g/mol. The molecule has 0 spiro atoms. The predicted octanol–water partition coefficient (Wildman–Crippen LogP) is 2.45. The van der Waals surface area contributed by atoms with E-state index in [9.17, 15) is 20.0 Å². The first-order chi connectivity index (χ1) is 11.4. The Morgan fingerprint density at radius 1 is 1.33 bits per heavy atom. The standard InChI is InChI=1S/C15H13N3O6/c1-24-13-7-9(6-12(14(13)19)18(22)23)8-16-17-11-4-2-10(3-5-11)15(20)21/h2-8,17,19H,1H3,(H,20,21). The number of nitro benzene ring substituents is 1. The monoisotopic (exact) mass is 331 g/mol. The molecule has 3 N–H and O–H groups in total. The fourth-order valence-electron chi connectivity index (χ4n) is 1.85. The molecule has 0 aromatic heterocycles. The van der Waals surface area contributed by atoms with Gasteiger partial charge in [0.15, 0.2) is 5.75 Å². The lowest BCUT2D eigenvalue weighted by atomic mass is 10.2. The summed E-state index contributed by atoms with van der Waals surface area (Å²) in [6.45, 7) is 0. The summed E-state index contributed by atoms with van der Waals surface area (Å²) in [7, 11) is 1.28. The highest BCUT2D eigenvalue weighted by Crippen LogP contribution is 2.36. The minimum Gasteiger partial charge on any atom is -0.500 e. The van der Waals surface area contributed by atoms with Gasteiger partial charge in [0, 0.05) is 11.6 Å². The van der Waals surface area contributed by atoms with Gasteiger partial charge in [-0.1, -0.05) is 0 Å². The Kier molecular flexibility index (Phi) is 4.95. The molecule has 0 unspecified atom stereocenters. The van der Waals surface area contributed by atoms with Gasteiger partial charge >= 0.3 is 11.7 Å². The number of rotatable bonds is 6. The van der Waals surface area contributed by atoms with E-state index in [1.807, 2.05) is 0 Å². The van der Waals surface area contributed by atoms with Gasteiger partial charge in [0.05, 0.1) is 29.5 Å². The van der Waals surface area contributed by atoms with Crippen LogP contribution in [0.5, 0.6) is 11.5 Å². The van der Waals surface area contributed by atoms with Crippen LogP contribution < -0.4 is 10.2 Å². The molecule has 0 atom stereocenters. The largest absolute Gasteiger partial charge is 0.500 e. The van der Waals surface area contributed by atoms with E-state index in [4.69, 9.17) is 9.84 Å². The number of benzene rings is 2. The lowest BCUT2D eigenvalue weighted by molar-refractivity contribution is -0.386. The Morgan fingerprint density at radius 3 is 2.54 bits per heavy atom. The second kappa shape index (κ2) is 7.09. The number of ether oxygens (including phenoxy) is 1. The summed E-state index contributed by atoms with van der Waals surface area (Å²) in [5.41, 5.74) is 3.18. The van der Waals surface area contributed by atoms with Crippen LogP contribution in [0.3, 0.4) is 0 Å². The van der Waals surface area contributed by atoms with Crippen molar-refractivity contribution in [3.8, 4) is 11.5 Å². The van der Waals surface area contributed by atoms with Crippen molar-refractivity contribution in [2.75, 3.05) is 12.5 Å². The lowest BCUT2D eigenvalue weighted by Gasteiger charge is -2.05. The van der Waals surface area contributed by atoms with Gasteiger partial charge in [0.2, 0.25) is 5.75 Å². The third kappa shape index (κ3) is 3.77. The van der Waals surface area contributed by atoms with Gasteiger partial charge in [-0.15, -0.1) is 0 Å². The lowest BCUT2D eigenvalue weighted by Crippen LogP contribution is -1.97. The van der Waals surface area contributed by atoms with E-state index < -0.39 is 22.3 Å². The molecular weight excluding hydrogens is 318 g/mol. The van der Waals surface area contributed by atoms with E-state index in [1.165, 1.54) is 43.7 Å². The minimum atomic E-state index is -1.03. The van der Waals surface area contributed by atoms with Crippen LogP contribution >= 0.6 is 0 Å². The van der Waals surface area contributed by atoms with Crippen LogP contribution in [0.15, 0.2) is 41.5 Å². The van der Waals surface area contributed by atoms with Gasteiger partial charge < -0.3 is 14.9 Å². The number of hydrazone groups is 1. The number of hydrogen-bond donors (Lipinski definition) is 3. The number of carbonyl (C=O) groups is 1. The number of aromatic hydroxyl groups is 1. The first-order valence-electron chi connectivity index (χ1n) is 6.60. The van der Waals surface area contributed by atoms with Crippen molar-refractivity contribution in [3.63, 3.8) is 0 Å². The smallest absolute Gasteiger partial charge is 0.335 e. The third-order valence-corrected chi connectivity index (χ3v) is 3.03. The average Bonchev–Trinajstić information content (AvgIpc) is 2.56. The number of methoxy groups -OCH3 is 1. The molecule has 0 radical (unpaired) electrons. The zero-order chi connectivity index (χ0) is 17.7. The molecule has 124 valence electrons. The van der Waals surface area contributed by atoms with E-state index in [-0.39, 0.29) is 11.3 Å². The van der Waals surface area contributed by atoms with Crippen LogP contribution in [0.2, 0.25) is 0 Å². The number of nitro groups is 1. The van der Waals surface area contributed by atoms with E-state index >= 15 is 0 Å². The number of nitrogens with one attached hydrogen (secondary N) is 1. The van der Waals surface area contributed by atoms with Crippen molar-refractivity contribution in [2.45, 2.75) is 0 Å². The van der Waals surface area contributed by atoms with E-state index in [0.29, 0.717) is 11.3 Å². The van der Waals surface area contributed by atoms with Gasteiger partial charge in [-0.05, 0) is 30.3 Å². The number of nitrogens with zero attached hydrogens (tertiary/aromatic N) is 2. The highest BCUT2D eigenvalue weighted by atomic mass is 16.6. The van der Waals surface area contributed by atoms with Crippen LogP contribution in [0.4, 0.5) is 11.4 Å². The van der Waals surface area contributed by atoms with E-state index in [1.54, 1.807) is 0 Å². The van der Waals surface area contributed by atoms with Crippen LogP contribution in [0.1, 0.15) is 15.9 Å². The summed E-state index contributed by atoms with van der Waals surface area (Å²) in [6, 6.07) is 8.42. The Labute approximate surface area is 136 Å². The zero-order valence-corrected chi connectivity index (χ0v) is 12.5. The van der Waals surface area contributed by atoms with Crippen LogP contribution in [-0.2, 0) is 0 Å². The molecule has 0 saturated heterocycles. The van der Waals surface area contributed by atoms with Gasteiger partial charge in [0.1, 0.15) is 0 Å². The number of hydrogen-bond acceptors (Lipinski definition) is 7. The molecule has 0 aliphatic carbocycles. The third-order valence-electron chi connectivity index (χ3n) is 3.03. The fraction of sp³-hybridized carbons (Fsp3) is 0.0667. The Morgan fingerprint density at radius 2 is 2.00 bits per heavy atom. The first kappa shape index (κ1) is 16.7. The molecule has 0 fully saturated rings. The second-order valence-corrected chi connectivity index (χ2v) is 4.60. The molecule has 2 aromatic rings. The maximum atomic E-state index is 10.9. The topological polar surface area (TPSA) is 134 Å². The molecule has 0 saturated carbocycles. The molecular formula is C15H13N3O6. The van der Waals surface area contributed by atoms with Gasteiger partial charge in [-0.3, -0.25) is 15.5 Å². The van der Waals surface area contributed by atoms with Crippen molar-refractivity contribution < 1.29 is 24.7 Å². The number of phenols is 1. The summed E-state index contributed by atoms with van der Waals surface area (Å²) in [6.07, 6.45) is 1.31. The minimum absolute atomic E-state index is 0.0449. The molecule has 24 heavy (non-hydrogen) atoms. The number of carboxylic acid groups (broad SMARTS) is 1. The molecule has 0 amide bonds. The summed E-state index contributed by atoms with van der Waals surface area (Å²) in [5.74, 6) is -1.64. The van der Waals surface area contributed by atoms with Crippen molar-refractivity contribution in [1.82, 2.24) is 0 Å². The molecule has 2 aromatic carbocycles. The number of anilines is 1. The predicted molar refractivity (Wildman–Crippen MR) is 85.9 cm³/mol. The molecule has 0 aliphatic rings. The maximum Gasteiger partial charge on any atom is 0.335 e. The summed E-state index contributed by atoms with van der Waals surface area (Å²) < 4.78 is 4.88. The molecule has 0 bridgehead atoms. The molecule has 2 rings (SSSR count). The van der Waals surface area contributed by atoms with Crippen LogP contribution in [0, 0.1) is 10.1 Å². The Bertz CT molecular complexity index is 802. The molecule has 0 heterocycles. The first-order valence-corrected chi connectivity index (χ1v) is 6.60. The molecule has 0 aliphatic heterocycles. The second-order valence-electron chi connectivity index (χ2n) is 4.60. The fourth-order valence-corrected chi connectivity index (χ4v) is 1.85. The maximum absolute atomic E-state index is 10.9. The summed E-state index contributed by atoms with van der Waals surface area (Å²) in [4.78, 5) is 20.9. The van der Waals surface area contributed by atoms with Gasteiger partial charge in [0.25, 0.3) is 0 Å². The Balaban J connectivity index is 2.18. The number of carboxylic acids is 1. The zero-order valence-electron chi connectivity index (χ0n) is 12.5. The quantitative estimate of drug-likeness (QED) is 0.420. The summed E-state index contributed by atoms with van der Waals surface area (Å²) >= 11 is 0. The highest BCUT2D eigenvalue weighted by molar-refractivity contribution is 5.88. The molecule has 9 nitrogen and oxygen atoms in total. The van der Waals surface area contributed by atoms with Gasteiger partial charge in [-0.2, -0.15) is 5.10 Å². The van der Waals surface area contributed by atoms with Crippen molar-refractivity contribution in [2.24, 2.45) is 5.10 Å². The summed E-state index contributed by atoms with van der Waals surface area (Å²) in [5, 5.41) is 33.3.